The summed E-state index contributed by atoms with van der Waals surface area (Å²) in [6.07, 6.45) is 7.83. The number of thiophene rings is 1. The molecule has 2 aliphatic rings. The molecule has 0 bridgehead atoms. The fourth-order valence-corrected chi connectivity index (χ4v) is 10.3. The Hall–Kier alpha value is -5.18. The maximum absolute atomic E-state index is 2.54. The van der Waals surface area contributed by atoms with E-state index >= 15 is 0 Å². The number of hydrogen-bond donors (Lipinski definition) is 0. The van der Waals surface area contributed by atoms with Gasteiger partial charge in [-0.3, -0.25) is 0 Å². The number of para-hydroxylation sites is 1. The Bertz CT molecular complexity index is 2740. The molecule has 49 heavy (non-hydrogen) atoms. The van der Waals surface area contributed by atoms with E-state index in [0.717, 1.165) is 6.42 Å². The molecule has 0 saturated carbocycles. The van der Waals surface area contributed by atoms with Crippen molar-refractivity contribution in [2.24, 2.45) is 0 Å². The van der Waals surface area contributed by atoms with Gasteiger partial charge < -0.3 is 4.57 Å². The van der Waals surface area contributed by atoms with Crippen LogP contribution in [0.15, 0.2) is 139 Å². The van der Waals surface area contributed by atoms with E-state index in [0.29, 0.717) is 5.92 Å². The smallest absolute Gasteiger partial charge is 0.0588 e. The maximum Gasteiger partial charge on any atom is 0.0588 e. The lowest BCUT2D eigenvalue weighted by molar-refractivity contribution is 0.664. The molecule has 1 nitrogen and oxygen atoms in total. The first-order valence-corrected chi connectivity index (χ1v) is 18.3. The zero-order valence-electron chi connectivity index (χ0n) is 28.3. The second kappa shape index (κ2) is 10.4. The fourth-order valence-electron chi connectivity index (χ4n) is 9.12. The molecule has 0 aliphatic heterocycles. The van der Waals surface area contributed by atoms with E-state index in [1.165, 1.54) is 97.7 Å². The molecule has 2 heteroatoms. The molecule has 2 heterocycles. The summed E-state index contributed by atoms with van der Waals surface area (Å²) in [5.41, 5.74) is 16.1. The van der Waals surface area contributed by atoms with Gasteiger partial charge in [0.15, 0.2) is 0 Å². The minimum absolute atomic E-state index is 0.107. The minimum atomic E-state index is -0.107. The van der Waals surface area contributed by atoms with Gasteiger partial charge in [-0.05, 0) is 89.0 Å². The molecule has 6 aromatic carbocycles. The van der Waals surface area contributed by atoms with Gasteiger partial charge in [0.2, 0.25) is 0 Å². The number of nitrogens with zero attached hydrogens (tertiary/aromatic N) is 1. The third-order valence-electron chi connectivity index (χ3n) is 11.5. The van der Waals surface area contributed by atoms with Crippen molar-refractivity contribution in [3.8, 4) is 27.9 Å². The van der Waals surface area contributed by atoms with Crippen LogP contribution in [-0.2, 0) is 5.41 Å². The van der Waals surface area contributed by atoms with Crippen LogP contribution >= 0.6 is 11.3 Å². The zero-order valence-corrected chi connectivity index (χ0v) is 29.2. The van der Waals surface area contributed by atoms with Crippen LogP contribution in [-0.4, -0.2) is 4.57 Å². The zero-order chi connectivity index (χ0) is 33.0. The van der Waals surface area contributed by atoms with Crippen molar-refractivity contribution < 1.29 is 0 Å². The Kier molecular flexibility index (Phi) is 6.12. The normalized spacial score (nSPS) is 16.5. The molecule has 0 fully saturated rings. The van der Waals surface area contributed by atoms with E-state index in [4.69, 9.17) is 0 Å². The van der Waals surface area contributed by atoms with Gasteiger partial charge in [-0.15, -0.1) is 11.3 Å². The van der Waals surface area contributed by atoms with Gasteiger partial charge in [0, 0.05) is 48.0 Å². The number of fused-ring (bicyclic) bond motifs is 10. The van der Waals surface area contributed by atoms with Gasteiger partial charge in [-0.1, -0.05) is 129 Å². The highest BCUT2D eigenvalue weighted by Crippen LogP contribution is 2.53. The van der Waals surface area contributed by atoms with Crippen molar-refractivity contribution in [1.29, 1.82) is 0 Å². The molecule has 0 saturated heterocycles. The quantitative estimate of drug-likeness (QED) is 0.180. The minimum Gasteiger partial charge on any atom is -0.309 e. The summed E-state index contributed by atoms with van der Waals surface area (Å²) >= 11 is 1.91. The van der Waals surface area contributed by atoms with Crippen molar-refractivity contribution in [3.63, 3.8) is 0 Å². The Morgan fingerprint density at radius 1 is 0.694 bits per heavy atom. The molecular weight excluding hydrogens is 611 g/mol. The first kappa shape index (κ1) is 28.8. The highest BCUT2D eigenvalue weighted by atomic mass is 32.1. The van der Waals surface area contributed by atoms with Gasteiger partial charge in [0.1, 0.15) is 0 Å². The number of aromatic nitrogens is 1. The van der Waals surface area contributed by atoms with E-state index in [1.807, 2.05) is 11.3 Å². The molecule has 236 valence electrons. The van der Waals surface area contributed by atoms with Crippen LogP contribution in [0.25, 0.3) is 69.9 Å². The van der Waals surface area contributed by atoms with Crippen LogP contribution in [0.3, 0.4) is 0 Å². The lowest BCUT2D eigenvalue weighted by atomic mass is 9.81. The van der Waals surface area contributed by atoms with Crippen molar-refractivity contribution in [1.82, 2.24) is 4.57 Å². The topological polar surface area (TPSA) is 4.93 Å². The largest absolute Gasteiger partial charge is 0.309 e. The van der Waals surface area contributed by atoms with Crippen molar-refractivity contribution in [2.75, 3.05) is 0 Å². The van der Waals surface area contributed by atoms with Gasteiger partial charge in [0.05, 0.1) is 11.0 Å². The van der Waals surface area contributed by atoms with Gasteiger partial charge in [-0.25, -0.2) is 0 Å². The predicted molar refractivity (Wildman–Crippen MR) is 212 cm³/mol. The maximum atomic E-state index is 2.54. The van der Waals surface area contributed by atoms with Gasteiger partial charge in [0.25, 0.3) is 0 Å². The standard InChI is InChI=1S/C47H37NS/c1-28-12-5-6-13-32(28)33-22-20-30(26-29(33)2)34-16-11-19-42-44(34)39-23-21-31(27-43(39)49-42)48-41-18-10-8-15-36(41)38-25-24-37-35-14-7-9-17-40(35)47(3,4)45(37)46(38)48/h5-12,14-27,32H,13H2,1-4H3. The number of benzene rings is 6. The number of aryl methyl sites for hydroxylation is 1. The van der Waals surface area contributed by atoms with Crippen molar-refractivity contribution in [3.05, 3.63) is 161 Å². The molecule has 8 aromatic rings. The lowest BCUT2D eigenvalue weighted by Crippen LogP contribution is -2.16. The second-order valence-corrected chi connectivity index (χ2v) is 15.7. The predicted octanol–water partition coefficient (Wildman–Crippen LogP) is 13.4. The summed E-state index contributed by atoms with van der Waals surface area (Å²) in [5.74, 6) is 0.470. The summed E-state index contributed by atoms with van der Waals surface area (Å²) in [4.78, 5) is 0. The summed E-state index contributed by atoms with van der Waals surface area (Å²) in [6, 6.07) is 43.7. The van der Waals surface area contributed by atoms with Crippen LogP contribution in [0, 0.1) is 6.92 Å². The van der Waals surface area contributed by atoms with Crippen LogP contribution < -0.4 is 0 Å². The van der Waals surface area contributed by atoms with E-state index in [1.54, 1.807) is 0 Å². The number of hydrogen-bond acceptors (Lipinski definition) is 1. The van der Waals surface area contributed by atoms with Crippen LogP contribution in [0.2, 0.25) is 0 Å². The van der Waals surface area contributed by atoms with Crippen LogP contribution in [0.4, 0.5) is 0 Å². The number of allylic oxidation sites excluding steroid dienone is 4. The first-order valence-electron chi connectivity index (χ1n) is 17.5. The van der Waals surface area contributed by atoms with E-state index in [-0.39, 0.29) is 5.41 Å². The van der Waals surface area contributed by atoms with Crippen molar-refractivity contribution in [2.45, 2.75) is 45.4 Å². The summed E-state index contributed by atoms with van der Waals surface area (Å²) in [7, 11) is 0. The number of rotatable bonds is 3. The molecule has 0 amide bonds. The van der Waals surface area contributed by atoms with Gasteiger partial charge in [-0.2, -0.15) is 0 Å². The third-order valence-corrected chi connectivity index (χ3v) is 12.6. The molecular formula is C47H37NS. The van der Waals surface area contributed by atoms with Crippen molar-refractivity contribution >= 4 is 53.3 Å². The second-order valence-electron chi connectivity index (χ2n) is 14.6. The molecule has 0 radical (unpaired) electrons. The molecule has 2 aromatic heterocycles. The average Bonchev–Trinajstić information content (AvgIpc) is 3.74. The van der Waals surface area contributed by atoms with E-state index in [9.17, 15) is 0 Å². The summed E-state index contributed by atoms with van der Waals surface area (Å²) < 4.78 is 5.20. The SMILES string of the molecule is CC1=CC=CCC1c1ccc(-c2cccc3sc4cc(-n5c6ccccc6c6ccc7c(c65)C(C)(C)c5ccccc5-7)ccc4c23)cc1C. The molecule has 2 aliphatic carbocycles. The third kappa shape index (κ3) is 4.04. The lowest BCUT2D eigenvalue weighted by Gasteiger charge is -2.23. The molecule has 1 unspecified atom stereocenters. The molecule has 0 spiro atoms. The molecule has 0 N–H and O–H groups in total. The van der Waals surface area contributed by atoms with E-state index in [2.05, 4.69) is 166 Å². The van der Waals surface area contributed by atoms with E-state index < -0.39 is 0 Å². The Balaban J connectivity index is 1.17. The summed E-state index contributed by atoms with van der Waals surface area (Å²) in [6.45, 7) is 9.34. The Morgan fingerprint density at radius 3 is 2.39 bits per heavy atom. The summed E-state index contributed by atoms with van der Waals surface area (Å²) in [5, 5.41) is 5.32. The van der Waals surface area contributed by atoms with Crippen LogP contribution in [0.5, 0.6) is 0 Å². The highest BCUT2D eigenvalue weighted by Gasteiger charge is 2.38. The highest BCUT2D eigenvalue weighted by molar-refractivity contribution is 7.26. The van der Waals surface area contributed by atoms with Gasteiger partial charge >= 0.3 is 0 Å². The molecule has 10 rings (SSSR count). The monoisotopic (exact) mass is 647 g/mol. The Morgan fingerprint density at radius 2 is 1.51 bits per heavy atom. The fraction of sp³-hybridized carbons (Fsp3) is 0.149. The Labute approximate surface area is 291 Å². The average molecular weight is 648 g/mol. The van der Waals surface area contributed by atoms with Crippen LogP contribution in [0.1, 0.15) is 55.4 Å². The molecule has 1 atom stereocenters. The first-order chi connectivity index (χ1) is 23.9.